The molecule has 2 aromatic carbocycles. The van der Waals surface area contributed by atoms with E-state index < -0.39 is 0 Å². The average molecular weight is 284 g/mol. The van der Waals surface area contributed by atoms with Crippen molar-refractivity contribution in [1.82, 2.24) is 0 Å². The Morgan fingerprint density at radius 3 is 2.43 bits per heavy atom. The molecule has 0 atom stereocenters. The van der Waals surface area contributed by atoms with Crippen LogP contribution in [0.1, 0.15) is 22.8 Å². The van der Waals surface area contributed by atoms with Gasteiger partial charge in [0, 0.05) is 24.5 Å². The molecule has 0 bridgehead atoms. The number of rotatable bonds is 4. The summed E-state index contributed by atoms with van der Waals surface area (Å²) in [7, 11) is 3.28. The Bertz CT molecular complexity index is 636. The van der Waals surface area contributed by atoms with Crippen molar-refractivity contribution in [3.05, 3.63) is 53.6 Å². The van der Waals surface area contributed by atoms with Crippen LogP contribution in [-0.2, 0) is 6.42 Å². The second-order valence-corrected chi connectivity index (χ2v) is 4.84. The first-order valence-corrected chi connectivity index (χ1v) is 6.87. The van der Waals surface area contributed by atoms with Crippen molar-refractivity contribution in [2.24, 2.45) is 0 Å². The number of carbonyl (C=O) groups excluding carboxylic acids is 1. The molecule has 4 nitrogen and oxygen atoms in total. The van der Waals surface area contributed by atoms with Crippen LogP contribution >= 0.6 is 0 Å². The predicted molar refractivity (Wildman–Crippen MR) is 86.0 cm³/mol. The van der Waals surface area contributed by atoms with Crippen LogP contribution in [0.3, 0.4) is 0 Å². The number of carbonyl (C=O) groups is 1. The van der Waals surface area contributed by atoms with Gasteiger partial charge in [-0.05, 0) is 36.2 Å². The SMILES string of the molecule is CCc1ccc(N(C)C(=O)c2ccc(N)cc2OC)cc1. The van der Waals surface area contributed by atoms with E-state index in [0.717, 1.165) is 12.1 Å². The van der Waals surface area contributed by atoms with Crippen LogP contribution in [0.5, 0.6) is 5.75 Å². The summed E-state index contributed by atoms with van der Waals surface area (Å²) in [6, 6.07) is 13.0. The molecule has 0 spiro atoms. The normalized spacial score (nSPS) is 10.2. The van der Waals surface area contributed by atoms with Crippen molar-refractivity contribution in [1.29, 1.82) is 0 Å². The van der Waals surface area contributed by atoms with E-state index in [1.807, 2.05) is 24.3 Å². The maximum Gasteiger partial charge on any atom is 0.261 e. The lowest BCUT2D eigenvalue weighted by Gasteiger charge is -2.19. The van der Waals surface area contributed by atoms with Gasteiger partial charge in [-0.1, -0.05) is 19.1 Å². The minimum atomic E-state index is -0.129. The number of methoxy groups -OCH3 is 1. The zero-order chi connectivity index (χ0) is 15.4. The van der Waals surface area contributed by atoms with Crippen LogP contribution in [0, 0.1) is 0 Å². The largest absolute Gasteiger partial charge is 0.496 e. The van der Waals surface area contributed by atoms with Crippen molar-refractivity contribution < 1.29 is 9.53 Å². The zero-order valence-corrected chi connectivity index (χ0v) is 12.6. The van der Waals surface area contributed by atoms with E-state index in [4.69, 9.17) is 10.5 Å². The van der Waals surface area contributed by atoms with Gasteiger partial charge in [0.15, 0.2) is 0 Å². The monoisotopic (exact) mass is 284 g/mol. The van der Waals surface area contributed by atoms with Gasteiger partial charge in [-0.2, -0.15) is 0 Å². The first-order valence-electron chi connectivity index (χ1n) is 6.87. The summed E-state index contributed by atoms with van der Waals surface area (Å²) < 4.78 is 5.24. The summed E-state index contributed by atoms with van der Waals surface area (Å²) >= 11 is 0. The maximum absolute atomic E-state index is 12.6. The Labute approximate surface area is 125 Å². The second-order valence-electron chi connectivity index (χ2n) is 4.84. The van der Waals surface area contributed by atoms with Crippen LogP contribution in [0.4, 0.5) is 11.4 Å². The minimum Gasteiger partial charge on any atom is -0.496 e. The highest BCUT2D eigenvalue weighted by atomic mass is 16.5. The van der Waals surface area contributed by atoms with Crippen molar-refractivity contribution in [3.8, 4) is 5.75 Å². The summed E-state index contributed by atoms with van der Waals surface area (Å²) in [4.78, 5) is 14.2. The topological polar surface area (TPSA) is 55.6 Å². The molecule has 0 radical (unpaired) electrons. The minimum absolute atomic E-state index is 0.129. The number of ether oxygens (including phenoxy) is 1. The highest BCUT2D eigenvalue weighted by molar-refractivity contribution is 6.07. The quantitative estimate of drug-likeness (QED) is 0.878. The van der Waals surface area contributed by atoms with Crippen molar-refractivity contribution in [2.75, 3.05) is 24.8 Å². The standard InChI is InChI=1S/C17H20N2O2/c1-4-12-5-8-14(9-6-12)19(2)17(20)15-10-7-13(18)11-16(15)21-3/h5-11H,4,18H2,1-3H3. The molecule has 0 unspecified atom stereocenters. The molecule has 0 aromatic heterocycles. The maximum atomic E-state index is 12.6. The molecule has 21 heavy (non-hydrogen) atoms. The predicted octanol–water partition coefficient (Wildman–Crippen LogP) is 3.12. The number of nitrogens with zero attached hydrogens (tertiary/aromatic N) is 1. The third kappa shape index (κ3) is 3.16. The highest BCUT2D eigenvalue weighted by Gasteiger charge is 2.18. The van der Waals surface area contributed by atoms with Gasteiger partial charge in [0.25, 0.3) is 5.91 Å². The van der Waals surface area contributed by atoms with E-state index in [9.17, 15) is 4.79 Å². The molecule has 0 heterocycles. The summed E-state index contributed by atoms with van der Waals surface area (Å²) in [5.74, 6) is 0.355. The molecule has 0 aliphatic heterocycles. The van der Waals surface area contributed by atoms with E-state index in [1.54, 1.807) is 30.1 Å². The van der Waals surface area contributed by atoms with Crippen LogP contribution in [-0.4, -0.2) is 20.1 Å². The average Bonchev–Trinajstić information content (AvgIpc) is 2.53. The van der Waals surface area contributed by atoms with Gasteiger partial charge in [0.05, 0.1) is 12.7 Å². The summed E-state index contributed by atoms with van der Waals surface area (Å²) in [5.41, 5.74) is 8.86. The van der Waals surface area contributed by atoms with E-state index in [-0.39, 0.29) is 5.91 Å². The van der Waals surface area contributed by atoms with Gasteiger partial charge < -0.3 is 15.4 Å². The fourth-order valence-corrected chi connectivity index (χ4v) is 2.14. The molecule has 4 heteroatoms. The van der Waals surface area contributed by atoms with Gasteiger partial charge >= 0.3 is 0 Å². The van der Waals surface area contributed by atoms with Gasteiger partial charge in [-0.3, -0.25) is 4.79 Å². The first-order chi connectivity index (χ1) is 10.1. The molecule has 2 N–H and O–H groups in total. The molecule has 110 valence electrons. The van der Waals surface area contributed by atoms with E-state index in [0.29, 0.717) is 17.0 Å². The smallest absolute Gasteiger partial charge is 0.261 e. The third-order valence-electron chi connectivity index (χ3n) is 3.49. The third-order valence-corrected chi connectivity index (χ3v) is 3.49. The van der Waals surface area contributed by atoms with Gasteiger partial charge in [0.1, 0.15) is 5.75 Å². The van der Waals surface area contributed by atoms with E-state index in [1.165, 1.54) is 12.7 Å². The van der Waals surface area contributed by atoms with E-state index >= 15 is 0 Å². The molecule has 0 aliphatic carbocycles. The molecule has 2 rings (SSSR count). The molecule has 0 fully saturated rings. The molecule has 1 amide bonds. The number of hydrogen-bond acceptors (Lipinski definition) is 3. The number of benzene rings is 2. The Hall–Kier alpha value is -2.49. The first kappa shape index (κ1) is 14.9. The Morgan fingerprint density at radius 1 is 1.19 bits per heavy atom. The number of nitrogens with two attached hydrogens (primary N) is 1. The van der Waals surface area contributed by atoms with Crippen LogP contribution in [0.25, 0.3) is 0 Å². The number of nitrogen functional groups attached to an aromatic ring is 1. The van der Waals surface area contributed by atoms with E-state index in [2.05, 4.69) is 6.92 Å². The second kappa shape index (κ2) is 6.31. The molecule has 0 aliphatic rings. The summed E-state index contributed by atoms with van der Waals surface area (Å²) in [5, 5.41) is 0. The molecular formula is C17H20N2O2. The lowest BCUT2D eigenvalue weighted by atomic mass is 10.1. The fourth-order valence-electron chi connectivity index (χ4n) is 2.14. The van der Waals surface area contributed by atoms with Crippen LogP contribution in [0.2, 0.25) is 0 Å². The number of aryl methyl sites for hydroxylation is 1. The van der Waals surface area contributed by atoms with Crippen molar-refractivity contribution >= 4 is 17.3 Å². The lowest BCUT2D eigenvalue weighted by molar-refractivity contribution is 0.0990. The van der Waals surface area contributed by atoms with Gasteiger partial charge in [-0.25, -0.2) is 0 Å². The molecule has 0 saturated heterocycles. The number of anilines is 2. The van der Waals surface area contributed by atoms with Crippen molar-refractivity contribution in [3.63, 3.8) is 0 Å². The molecule has 0 saturated carbocycles. The number of hydrogen-bond donors (Lipinski definition) is 1. The lowest BCUT2D eigenvalue weighted by Crippen LogP contribution is -2.26. The summed E-state index contributed by atoms with van der Waals surface area (Å²) in [6.07, 6.45) is 0.976. The molecular weight excluding hydrogens is 264 g/mol. The van der Waals surface area contributed by atoms with Crippen LogP contribution < -0.4 is 15.4 Å². The fraction of sp³-hybridized carbons (Fsp3) is 0.235. The summed E-state index contributed by atoms with van der Waals surface area (Å²) in [6.45, 7) is 2.10. The van der Waals surface area contributed by atoms with Gasteiger partial charge in [-0.15, -0.1) is 0 Å². The van der Waals surface area contributed by atoms with Gasteiger partial charge in [0.2, 0.25) is 0 Å². The van der Waals surface area contributed by atoms with Crippen LogP contribution in [0.15, 0.2) is 42.5 Å². The highest BCUT2D eigenvalue weighted by Crippen LogP contribution is 2.25. The number of amides is 1. The Morgan fingerprint density at radius 2 is 1.86 bits per heavy atom. The molecule has 2 aromatic rings. The Kier molecular flexibility index (Phi) is 4.48. The van der Waals surface area contributed by atoms with Crippen molar-refractivity contribution in [2.45, 2.75) is 13.3 Å². The Balaban J connectivity index is 2.30. The zero-order valence-electron chi connectivity index (χ0n) is 12.6.